The summed E-state index contributed by atoms with van der Waals surface area (Å²) >= 11 is 4.99. The van der Waals surface area contributed by atoms with Crippen LogP contribution in [0.4, 0.5) is 0 Å². The molecule has 5 heteroatoms. The third kappa shape index (κ3) is 6.92. The molecule has 0 aromatic heterocycles. The van der Waals surface area contributed by atoms with Crippen molar-refractivity contribution in [2.75, 3.05) is 13.2 Å². The third-order valence-electron chi connectivity index (χ3n) is 3.45. The van der Waals surface area contributed by atoms with E-state index in [0.717, 1.165) is 29.9 Å². The van der Waals surface area contributed by atoms with Crippen LogP contribution in [0.5, 0.6) is 11.5 Å². The number of aryl methyl sites for hydroxylation is 1. The summed E-state index contributed by atoms with van der Waals surface area (Å²) in [5, 5.41) is 0. The summed E-state index contributed by atoms with van der Waals surface area (Å²) in [6, 6.07) is 17.5. The molecule has 0 unspecified atom stereocenters. The highest BCUT2D eigenvalue weighted by Crippen LogP contribution is 2.14. The van der Waals surface area contributed by atoms with Crippen molar-refractivity contribution in [1.29, 1.82) is 0 Å². The summed E-state index contributed by atoms with van der Waals surface area (Å²) in [7, 11) is 0. The first-order valence-electron chi connectivity index (χ1n) is 7.99. The van der Waals surface area contributed by atoms with Crippen molar-refractivity contribution in [2.45, 2.75) is 25.7 Å². The lowest BCUT2D eigenvalue weighted by atomic mass is 10.1. The Morgan fingerprint density at radius 1 is 0.833 bits per heavy atom. The van der Waals surface area contributed by atoms with Gasteiger partial charge in [-0.15, -0.1) is 0 Å². The Labute approximate surface area is 147 Å². The summed E-state index contributed by atoms with van der Waals surface area (Å²) < 4.78 is 15.4. The quantitative estimate of drug-likeness (QED) is 0.591. The fourth-order valence-corrected chi connectivity index (χ4v) is 2.22. The van der Waals surface area contributed by atoms with Gasteiger partial charge in [0.05, 0.1) is 19.6 Å². The molecule has 24 heavy (non-hydrogen) atoms. The molecule has 0 amide bonds. The number of carbonyl (C=O) groups is 1. The monoisotopic (exact) mass is 348 g/mol. The molecule has 0 spiro atoms. The Kier molecular flexibility index (Phi) is 7.98. The molecule has 0 aliphatic carbocycles. The lowest BCUT2D eigenvalue weighted by molar-refractivity contribution is -0.133. The fraction of sp³-hybridized carbons (Fsp3) is 0.316. The van der Waals surface area contributed by atoms with Gasteiger partial charge in [0.15, 0.2) is 0 Å². The molecular weight excluding hydrogens is 328 g/mol. The molecule has 2 aromatic carbocycles. The number of halogens is 1. The first kappa shape index (κ1) is 18.1. The maximum Gasteiger partial charge on any atom is 0.325 e. The lowest BCUT2D eigenvalue weighted by Gasteiger charge is -2.08. The number of ether oxygens (including phenoxy) is 2. The highest BCUT2D eigenvalue weighted by molar-refractivity contribution is 6.13. The zero-order valence-corrected chi connectivity index (χ0v) is 14.2. The van der Waals surface area contributed by atoms with E-state index in [9.17, 15) is 4.79 Å². The van der Waals surface area contributed by atoms with E-state index in [-0.39, 0.29) is 6.42 Å². The molecule has 0 saturated carbocycles. The van der Waals surface area contributed by atoms with Gasteiger partial charge in [0.25, 0.3) is 0 Å². The topological polar surface area (TPSA) is 44.8 Å². The smallest absolute Gasteiger partial charge is 0.325 e. The minimum Gasteiger partial charge on any atom is -0.494 e. The van der Waals surface area contributed by atoms with Crippen molar-refractivity contribution in [1.82, 2.24) is 0 Å². The van der Waals surface area contributed by atoms with Gasteiger partial charge in [-0.05, 0) is 49.1 Å². The van der Waals surface area contributed by atoms with E-state index >= 15 is 0 Å². The van der Waals surface area contributed by atoms with Crippen LogP contribution in [0, 0.1) is 0 Å². The van der Waals surface area contributed by atoms with Crippen LogP contribution in [0.25, 0.3) is 0 Å². The van der Waals surface area contributed by atoms with Crippen LogP contribution in [0.3, 0.4) is 0 Å². The largest absolute Gasteiger partial charge is 0.494 e. The van der Waals surface area contributed by atoms with Gasteiger partial charge in [-0.2, -0.15) is 0 Å². The van der Waals surface area contributed by atoms with Crippen LogP contribution in [-0.4, -0.2) is 19.2 Å². The van der Waals surface area contributed by atoms with Crippen molar-refractivity contribution in [2.24, 2.45) is 0 Å². The molecule has 128 valence electrons. The summed E-state index contributed by atoms with van der Waals surface area (Å²) in [4.78, 5) is 11.0. The zero-order chi connectivity index (χ0) is 17.0. The SMILES string of the molecule is O=C(CCc1ccc(OCCCCOc2ccccc2)cc1)OCl. The van der Waals surface area contributed by atoms with Crippen molar-refractivity contribution in [3.63, 3.8) is 0 Å². The fourth-order valence-electron chi connectivity index (χ4n) is 2.14. The molecular formula is C19H21ClO4. The van der Waals surface area contributed by atoms with E-state index < -0.39 is 5.97 Å². The van der Waals surface area contributed by atoms with Crippen molar-refractivity contribution < 1.29 is 18.6 Å². The number of carbonyl (C=O) groups excluding carboxylic acids is 1. The summed E-state index contributed by atoms with van der Waals surface area (Å²) in [5.74, 6) is 1.30. The molecule has 0 radical (unpaired) electrons. The first-order valence-corrected chi connectivity index (χ1v) is 8.30. The maximum atomic E-state index is 11.0. The van der Waals surface area contributed by atoms with Crippen LogP contribution in [0.15, 0.2) is 54.6 Å². The average molecular weight is 349 g/mol. The molecule has 2 aromatic rings. The number of benzene rings is 2. The second-order valence-electron chi connectivity index (χ2n) is 5.31. The minimum absolute atomic E-state index is 0.269. The van der Waals surface area contributed by atoms with Gasteiger partial charge < -0.3 is 13.8 Å². The molecule has 0 atom stereocenters. The first-order chi connectivity index (χ1) is 11.8. The van der Waals surface area contributed by atoms with E-state index in [1.807, 2.05) is 54.6 Å². The van der Waals surface area contributed by atoms with E-state index in [2.05, 4.69) is 4.29 Å². The molecule has 0 bridgehead atoms. The van der Waals surface area contributed by atoms with Gasteiger partial charge in [0, 0.05) is 0 Å². The zero-order valence-electron chi connectivity index (χ0n) is 13.4. The molecule has 0 saturated heterocycles. The highest BCUT2D eigenvalue weighted by Gasteiger charge is 2.03. The predicted molar refractivity (Wildman–Crippen MR) is 93.4 cm³/mol. The van der Waals surface area contributed by atoms with Crippen LogP contribution in [0.2, 0.25) is 0 Å². The van der Waals surface area contributed by atoms with Crippen molar-refractivity contribution in [3.8, 4) is 11.5 Å². The van der Waals surface area contributed by atoms with Gasteiger partial charge in [0.2, 0.25) is 0 Å². The van der Waals surface area contributed by atoms with Gasteiger partial charge in [-0.1, -0.05) is 30.3 Å². The van der Waals surface area contributed by atoms with Crippen LogP contribution >= 0.6 is 11.9 Å². The molecule has 0 heterocycles. The van der Waals surface area contributed by atoms with Gasteiger partial charge in [0.1, 0.15) is 23.4 Å². The number of para-hydroxylation sites is 1. The summed E-state index contributed by atoms with van der Waals surface area (Å²) in [6.07, 6.45) is 2.73. The standard InChI is InChI=1S/C19H21ClO4/c20-24-19(21)13-10-16-8-11-18(12-9-16)23-15-5-4-14-22-17-6-2-1-3-7-17/h1-3,6-9,11-12H,4-5,10,13-15H2. The number of hydrogen-bond donors (Lipinski definition) is 0. The van der Waals surface area contributed by atoms with E-state index in [4.69, 9.17) is 21.3 Å². The predicted octanol–water partition coefficient (Wildman–Crippen LogP) is 4.55. The molecule has 0 aliphatic heterocycles. The second-order valence-corrected chi connectivity index (χ2v) is 5.46. The molecule has 4 nitrogen and oxygen atoms in total. The van der Waals surface area contributed by atoms with E-state index in [1.165, 1.54) is 0 Å². The highest BCUT2D eigenvalue weighted by atomic mass is 35.5. The Balaban J connectivity index is 1.58. The molecule has 0 fully saturated rings. The Morgan fingerprint density at radius 2 is 1.42 bits per heavy atom. The Morgan fingerprint density at radius 3 is 2.00 bits per heavy atom. The van der Waals surface area contributed by atoms with Crippen molar-refractivity contribution >= 4 is 17.8 Å². The van der Waals surface area contributed by atoms with Gasteiger partial charge in [-0.25, -0.2) is 0 Å². The normalized spacial score (nSPS) is 10.2. The average Bonchev–Trinajstić information content (AvgIpc) is 2.64. The van der Waals surface area contributed by atoms with Gasteiger partial charge in [-0.3, -0.25) is 4.79 Å². The Bertz CT molecular complexity index is 599. The molecule has 0 N–H and O–H groups in total. The van der Waals surface area contributed by atoms with Crippen LogP contribution in [0.1, 0.15) is 24.8 Å². The number of unbranched alkanes of at least 4 members (excludes halogenated alkanes) is 1. The lowest BCUT2D eigenvalue weighted by Crippen LogP contribution is -2.02. The minimum atomic E-state index is -0.422. The molecule has 0 aliphatic rings. The van der Waals surface area contributed by atoms with E-state index in [0.29, 0.717) is 19.6 Å². The third-order valence-corrected chi connectivity index (χ3v) is 3.62. The second kappa shape index (κ2) is 10.6. The maximum absolute atomic E-state index is 11.0. The molecule has 2 rings (SSSR count). The summed E-state index contributed by atoms with van der Waals surface area (Å²) in [5.41, 5.74) is 1.04. The number of hydrogen-bond acceptors (Lipinski definition) is 4. The Hall–Kier alpha value is -2.20. The van der Waals surface area contributed by atoms with Gasteiger partial charge >= 0.3 is 5.97 Å². The van der Waals surface area contributed by atoms with Crippen LogP contribution < -0.4 is 9.47 Å². The number of rotatable bonds is 10. The van der Waals surface area contributed by atoms with Crippen LogP contribution in [-0.2, 0) is 15.5 Å². The summed E-state index contributed by atoms with van der Waals surface area (Å²) in [6.45, 7) is 1.33. The van der Waals surface area contributed by atoms with E-state index in [1.54, 1.807) is 0 Å². The van der Waals surface area contributed by atoms with Crippen molar-refractivity contribution in [3.05, 3.63) is 60.2 Å².